The highest BCUT2D eigenvalue weighted by Crippen LogP contribution is 2.39. The Hall–Kier alpha value is -9.60. The van der Waals surface area contributed by atoms with Crippen LogP contribution in [0.1, 0.15) is 0 Å². The van der Waals surface area contributed by atoms with Gasteiger partial charge in [-0.15, -0.1) is 0 Å². The molecule has 0 bridgehead atoms. The smallest absolute Gasteiger partial charge is 0.145 e. The lowest BCUT2D eigenvalue weighted by Gasteiger charge is -2.16. The molecule has 0 fully saturated rings. The molecule has 0 saturated carbocycles. The molecule has 0 amide bonds. The minimum absolute atomic E-state index is 0.787. The van der Waals surface area contributed by atoms with Crippen LogP contribution in [0.2, 0.25) is 0 Å². The van der Waals surface area contributed by atoms with E-state index in [-0.39, 0.29) is 0 Å². The molecule has 13 rings (SSSR count). The van der Waals surface area contributed by atoms with Gasteiger partial charge in [-0.25, -0.2) is 15.0 Å². The van der Waals surface area contributed by atoms with Gasteiger partial charge in [0.15, 0.2) is 0 Å². The number of aromatic nitrogens is 9. The average Bonchev–Trinajstić information content (AvgIpc) is 4.14. The van der Waals surface area contributed by atoms with Crippen LogP contribution < -0.4 is 0 Å². The third-order valence-electron chi connectivity index (χ3n) is 12.6. The van der Waals surface area contributed by atoms with E-state index in [2.05, 4.69) is 174 Å². The van der Waals surface area contributed by atoms with Crippen LogP contribution in [0.15, 0.2) is 237 Å². The molecule has 0 aliphatic rings. The summed E-state index contributed by atoms with van der Waals surface area (Å²) in [6, 6.07) is 75.2. The van der Waals surface area contributed by atoms with Crippen molar-refractivity contribution in [3.63, 3.8) is 0 Å². The zero-order valence-corrected chi connectivity index (χ0v) is 37.0. The normalized spacial score (nSPS) is 11.5. The van der Waals surface area contributed by atoms with Gasteiger partial charge >= 0.3 is 0 Å². The quantitative estimate of drug-likeness (QED) is 0.143. The van der Waals surface area contributed by atoms with Crippen LogP contribution in [0.4, 0.5) is 0 Å². The topological polar surface area (TPSA) is 92.1 Å². The van der Waals surface area contributed by atoms with E-state index in [1.54, 1.807) is 0 Å². The Morgan fingerprint density at radius 2 is 0.522 bits per heavy atom. The van der Waals surface area contributed by atoms with Gasteiger partial charge < -0.3 is 0 Å². The maximum Gasteiger partial charge on any atom is 0.145 e. The lowest BCUT2D eigenvalue weighted by Crippen LogP contribution is -2.02. The Bertz CT molecular complexity index is 3540. The molecule has 0 spiro atoms. The first-order valence-electron chi connectivity index (χ1n) is 22.8. The van der Waals surface area contributed by atoms with Crippen molar-refractivity contribution >= 4 is 33.1 Å². The average molecular weight is 886 g/mol. The zero-order valence-electron chi connectivity index (χ0n) is 37.0. The van der Waals surface area contributed by atoms with E-state index in [0.29, 0.717) is 0 Å². The Morgan fingerprint density at radius 1 is 0.246 bits per heavy atom. The van der Waals surface area contributed by atoms with Gasteiger partial charge in [-0.1, -0.05) is 91.0 Å². The Kier molecular flexibility index (Phi) is 9.61. The van der Waals surface area contributed by atoms with Crippen molar-refractivity contribution in [2.45, 2.75) is 0 Å². The van der Waals surface area contributed by atoms with Crippen LogP contribution in [0.5, 0.6) is 0 Å². The highest BCUT2D eigenvalue weighted by atomic mass is 15.1. The molecule has 9 nitrogen and oxygen atoms in total. The lowest BCUT2D eigenvalue weighted by molar-refractivity contribution is 1.09. The predicted octanol–water partition coefficient (Wildman–Crippen LogP) is 13.9. The molecule has 0 N–H and O–H groups in total. The summed E-state index contributed by atoms with van der Waals surface area (Å²) >= 11 is 0. The first kappa shape index (κ1) is 39.7. The number of imidazole rings is 3. The monoisotopic (exact) mass is 885 g/mol. The van der Waals surface area contributed by atoms with Crippen molar-refractivity contribution in [1.82, 2.24) is 43.6 Å². The summed E-state index contributed by atoms with van der Waals surface area (Å²) in [5, 5.41) is 0. The first-order valence-corrected chi connectivity index (χ1v) is 22.8. The fourth-order valence-corrected chi connectivity index (χ4v) is 9.40. The minimum Gasteiger partial charge on any atom is -0.292 e. The number of nitrogens with zero attached hydrogens (tertiary/aromatic N) is 9. The second-order valence-corrected chi connectivity index (χ2v) is 16.9. The Labute approximate surface area is 397 Å². The van der Waals surface area contributed by atoms with E-state index in [0.717, 1.165) is 118 Å². The molecule has 7 aromatic carbocycles. The predicted molar refractivity (Wildman–Crippen MR) is 276 cm³/mol. The SMILES string of the molecule is c1ccc(-c2ccc(-n3c(-c4cc(-c5nc6ccccc6n5-c5ccc(-c6ccccn6)cc5)cc(-c5nc6ccccc6n5-c5ccc(-c6ccccn6)cc5)c4)nc4ccccc43)cc2)nc1. The Balaban J connectivity index is 1.05. The molecule has 13 aromatic rings. The standard InChI is InChI=1S/C60H39N9/c1-4-19-55-52(16-1)64-58(67(55)46-28-22-40(23-29-46)49-13-7-10-34-61-49)43-37-44(59-65-53-17-2-5-20-56(53)68(59)47-30-24-41(25-31-47)50-14-8-11-35-62-50)39-45(38-43)60-66-54-18-3-6-21-57(54)69(60)48-32-26-42(27-33-48)51-15-9-12-36-63-51/h1-39H. The van der Waals surface area contributed by atoms with Crippen molar-refractivity contribution in [1.29, 1.82) is 0 Å². The van der Waals surface area contributed by atoms with E-state index in [4.69, 9.17) is 15.0 Å². The molecule has 0 radical (unpaired) electrons. The molecule has 9 heteroatoms. The number of rotatable bonds is 9. The van der Waals surface area contributed by atoms with Crippen molar-refractivity contribution in [2.24, 2.45) is 0 Å². The molecular formula is C60H39N9. The van der Waals surface area contributed by atoms with Gasteiger partial charge in [-0.3, -0.25) is 28.7 Å². The summed E-state index contributed by atoms with van der Waals surface area (Å²) in [5.74, 6) is 2.36. The number of hydrogen-bond acceptors (Lipinski definition) is 6. The molecule has 6 aromatic heterocycles. The van der Waals surface area contributed by atoms with Gasteiger partial charge in [-0.2, -0.15) is 0 Å². The summed E-state index contributed by atoms with van der Waals surface area (Å²) in [7, 11) is 0. The van der Waals surface area contributed by atoms with E-state index < -0.39 is 0 Å². The Morgan fingerprint density at radius 3 is 0.797 bits per heavy atom. The fraction of sp³-hybridized carbons (Fsp3) is 0. The van der Waals surface area contributed by atoms with Crippen LogP contribution >= 0.6 is 0 Å². The molecule has 0 atom stereocenters. The third-order valence-corrected chi connectivity index (χ3v) is 12.6. The highest BCUT2D eigenvalue weighted by molar-refractivity contribution is 5.90. The molecule has 324 valence electrons. The number of fused-ring (bicyclic) bond motifs is 3. The molecule has 0 saturated heterocycles. The van der Waals surface area contributed by atoms with Gasteiger partial charge in [-0.05, 0) is 127 Å². The van der Waals surface area contributed by atoms with Gasteiger partial charge in [0.25, 0.3) is 0 Å². The van der Waals surface area contributed by atoms with Crippen LogP contribution in [-0.4, -0.2) is 43.6 Å². The third kappa shape index (κ3) is 7.13. The van der Waals surface area contributed by atoms with Gasteiger partial charge in [0.05, 0.1) is 50.2 Å². The second-order valence-electron chi connectivity index (χ2n) is 16.9. The summed E-state index contributed by atoms with van der Waals surface area (Å²) in [6.07, 6.45) is 5.48. The summed E-state index contributed by atoms with van der Waals surface area (Å²) in [4.78, 5) is 30.1. The van der Waals surface area contributed by atoms with Crippen molar-refractivity contribution < 1.29 is 0 Å². The van der Waals surface area contributed by atoms with Crippen LogP contribution in [0, 0.1) is 0 Å². The number of benzene rings is 7. The molecule has 0 aliphatic heterocycles. The van der Waals surface area contributed by atoms with E-state index in [9.17, 15) is 0 Å². The maximum atomic E-state index is 5.42. The number of pyridine rings is 3. The van der Waals surface area contributed by atoms with E-state index in [1.807, 2.05) is 91.4 Å². The first-order chi connectivity index (χ1) is 34.2. The fourth-order valence-electron chi connectivity index (χ4n) is 9.40. The van der Waals surface area contributed by atoms with E-state index in [1.165, 1.54) is 0 Å². The molecule has 0 aliphatic carbocycles. The minimum atomic E-state index is 0.787. The summed E-state index contributed by atoms with van der Waals surface area (Å²) in [5.41, 5.74) is 17.1. The van der Waals surface area contributed by atoms with E-state index >= 15 is 0 Å². The molecule has 6 heterocycles. The number of para-hydroxylation sites is 6. The number of hydrogen-bond donors (Lipinski definition) is 0. The largest absolute Gasteiger partial charge is 0.292 e. The van der Waals surface area contributed by atoms with Crippen molar-refractivity contribution in [2.75, 3.05) is 0 Å². The van der Waals surface area contributed by atoms with Crippen LogP contribution in [0.3, 0.4) is 0 Å². The van der Waals surface area contributed by atoms with Gasteiger partial charge in [0.2, 0.25) is 0 Å². The second kappa shape index (κ2) is 16.7. The molecule has 0 unspecified atom stereocenters. The maximum absolute atomic E-state index is 5.42. The van der Waals surface area contributed by atoms with Crippen LogP contribution in [0.25, 0.3) is 118 Å². The highest BCUT2D eigenvalue weighted by Gasteiger charge is 2.23. The van der Waals surface area contributed by atoms with Crippen LogP contribution in [-0.2, 0) is 0 Å². The van der Waals surface area contributed by atoms with Gasteiger partial charge in [0, 0.05) is 69.0 Å². The van der Waals surface area contributed by atoms with Gasteiger partial charge in [0.1, 0.15) is 17.5 Å². The van der Waals surface area contributed by atoms with Crippen molar-refractivity contribution in [3.05, 3.63) is 237 Å². The summed E-state index contributed by atoms with van der Waals surface area (Å²) in [6.45, 7) is 0. The molecular weight excluding hydrogens is 847 g/mol. The van der Waals surface area contributed by atoms with Crippen molar-refractivity contribution in [3.8, 4) is 85.0 Å². The zero-order chi connectivity index (χ0) is 45.7. The summed E-state index contributed by atoms with van der Waals surface area (Å²) < 4.78 is 6.75. The molecule has 69 heavy (non-hydrogen) atoms. The lowest BCUT2D eigenvalue weighted by atomic mass is 10.0.